The molecule has 0 aromatic heterocycles. The zero-order valence-electron chi connectivity index (χ0n) is 13.1. The maximum atomic E-state index is 3.59. The molecule has 0 radical (unpaired) electrons. The first-order valence-corrected chi connectivity index (χ1v) is 7.28. The first-order chi connectivity index (χ1) is 7.84. The standard InChI is InChI=1S/C15H34N2/c1-8-10-14(5)17(7)12-15(6,9-2)11-16-13(3)4/h13-14,16H,8-12H2,1-7H3. The van der Waals surface area contributed by atoms with Gasteiger partial charge in [0.15, 0.2) is 0 Å². The van der Waals surface area contributed by atoms with Crippen molar-refractivity contribution in [1.82, 2.24) is 10.2 Å². The molecule has 0 aliphatic heterocycles. The Morgan fingerprint density at radius 3 is 2.18 bits per heavy atom. The summed E-state index contributed by atoms with van der Waals surface area (Å²) in [5.74, 6) is 0. The largest absolute Gasteiger partial charge is 0.314 e. The van der Waals surface area contributed by atoms with E-state index in [4.69, 9.17) is 0 Å². The number of nitrogens with zero attached hydrogens (tertiary/aromatic N) is 1. The van der Waals surface area contributed by atoms with E-state index in [9.17, 15) is 0 Å². The van der Waals surface area contributed by atoms with Gasteiger partial charge in [0.25, 0.3) is 0 Å². The van der Waals surface area contributed by atoms with E-state index in [2.05, 4.69) is 58.8 Å². The Labute approximate surface area is 109 Å². The van der Waals surface area contributed by atoms with Gasteiger partial charge < -0.3 is 10.2 Å². The molecule has 0 aromatic rings. The van der Waals surface area contributed by atoms with Gasteiger partial charge >= 0.3 is 0 Å². The molecule has 0 bridgehead atoms. The summed E-state index contributed by atoms with van der Waals surface area (Å²) in [7, 11) is 2.27. The van der Waals surface area contributed by atoms with Crippen LogP contribution in [0.25, 0.3) is 0 Å². The van der Waals surface area contributed by atoms with Gasteiger partial charge in [0.2, 0.25) is 0 Å². The molecule has 0 aliphatic rings. The van der Waals surface area contributed by atoms with Gasteiger partial charge in [-0.25, -0.2) is 0 Å². The van der Waals surface area contributed by atoms with Crippen molar-refractivity contribution in [2.24, 2.45) is 5.41 Å². The van der Waals surface area contributed by atoms with Crippen molar-refractivity contribution in [3.8, 4) is 0 Å². The van der Waals surface area contributed by atoms with E-state index >= 15 is 0 Å². The average Bonchev–Trinajstić information content (AvgIpc) is 2.26. The second-order valence-corrected chi connectivity index (χ2v) is 6.25. The molecule has 2 atom stereocenters. The minimum Gasteiger partial charge on any atom is -0.314 e. The van der Waals surface area contributed by atoms with Crippen LogP contribution < -0.4 is 5.32 Å². The Balaban J connectivity index is 4.25. The lowest BCUT2D eigenvalue weighted by Gasteiger charge is -2.36. The van der Waals surface area contributed by atoms with Gasteiger partial charge in [-0.1, -0.05) is 41.0 Å². The molecule has 0 rings (SSSR count). The Morgan fingerprint density at radius 1 is 1.18 bits per heavy atom. The second-order valence-electron chi connectivity index (χ2n) is 6.25. The molecule has 1 N–H and O–H groups in total. The third-order valence-electron chi connectivity index (χ3n) is 3.88. The van der Waals surface area contributed by atoms with Crippen molar-refractivity contribution >= 4 is 0 Å². The van der Waals surface area contributed by atoms with Crippen LogP contribution in [-0.2, 0) is 0 Å². The van der Waals surface area contributed by atoms with E-state index in [-0.39, 0.29) is 0 Å². The van der Waals surface area contributed by atoms with E-state index in [1.54, 1.807) is 0 Å². The van der Waals surface area contributed by atoms with Crippen LogP contribution in [0, 0.1) is 5.41 Å². The predicted molar refractivity (Wildman–Crippen MR) is 78.5 cm³/mol. The van der Waals surface area contributed by atoms with Crippen LogP contribution in [0.3, 0.4) is 0 Å². The SMILES string of the molecule is CCCC(C)N(C)CC(C)(CC)CNC(C)C. The molecule has 0 fully saturated rings. The monoisotopic (exact) mass is 242 g/mol. The molecule has 0 amide bonds. The van der Waals surface area contributed by atoms with E-state index in [0.717, 1.165) is 6.54 Å². The molecule has 0 heterocycles. The molecular formula is C15H34N2. The lowest BCUT2D eigenvalue weighted by Crippen LogP contribution is -2.44. The minimum absolute atomic E-state index is 0.390. The summed E-state index contributed by atoms with van der Waals surface area (Å²) < 4.78 is 0. The van der Waals surface area contributed by atoms with Crippen molar-refractivity contribution in [2.75, 3.05) is 20.1 Å². The summed E-state index contributed by atoms with van der Waals surface area (Å²) in [5, 5.41) is 3.59. The number of hydrogen-bond donors (Lipinski definition) is 1. The first-order valence-electron chi connectivity index (χ1n) is 7.28. The second kappa shape index (κ2) is 8.10. The molecule has 2 nitrogen and oxygen atoms in total. The maximum absolute atomic E-state index is 3.59. The third kappa shape index (κ3) is 7.05. The van der Waals surface area contributed by atoms with E-state index in [0.29, 0.717) is 17.5 Å². The maximum Gasteiger partial charge on any atom is 0.00640 e. The van der Waals surface area contributed by atoms with E-state index in [1.807, 2.05) is 0 Å². The van der Waals surface area contributed by atoms with Crippen molar-refractivity contribution in [1.29, 1.82) is 0 Å². The first kappa shape index (κ1) is 16.9. The third-order valence-corrected chi connectivity index (χ3v) is 3.88. The van der Waals surface area contributed by atoms with Gasteiger partial charge in [-0.15, -0.1) is 0 Å². The highest BCUT2D eigenvalue weighted by Gasteiger charge is 2.25. The smallest absolute Gasteiger partial charge is 0.00640 e. The highest BCUT2D eigenvalue weighted by atomic mass is 15.1. The fraction of sp³-hybridized carbons (Fsp3) is 1.00. The van der Waals surface area contributed by atoms with Gasteiger partial charge in [0.1, 0.15) is 0 Å². The molecule has 2 unspecified atom stereocenters. The lowest BCUT2D eigenvalue weighted by molar-refractivity contribution is 0.140. The van der Waals surface area contributed by atoms with Gasteiger partial charge in [-0.3, -0.25) is 0 Å². The zero-order valence-corrected chi connectivity index (χ0v) is 13.1. The van der Waals surface area contributed by atoms with Crippen molar-refractivity contribution in [3.63, 3.8) is 0 Å². The van der Waals surface area contributed by atoms with Crippen LogP contribution in [0.4, 0.5) is 0 Å². The molecule has 0 saturated heterocycles. The minimum atomic E-state index is 0.390. The summed E-state index contributed by atoms with van der Waals surface area (Å²) in [6.07, 6.45) is 3.81. The summed E-state index contributed by atoms with van der Waals surface area (Å²) in [6, 6.07) is 1.28. The summed E-state index contributed by atoms with van der Waals surface area (Å²) in [4.78, 5) is 2.52. The Morgan fingerprint density at radius 2 is 1.76 bits per heavy atom. The normalized spacial score (nSPS) is 17.5. The summed E-state index contributed by atoms with van der Waals surface area (Å²) >= 11 is 0. The van der Waals surface area contributed by atoms with Crippen molar-refractivity contribution in [2.45, 2.75) is 72.9 Å². The highest BCUT2D eigenvalue weighted by molar-refractivity contribution is 4.81. The molecular weight excluding hydrogens is 208 g/mol. The number of rotatable bonds is 9. The van der Waals surface area contributed by atoms with Crippen LogP contribution in [0.2, 0.25) is 0 Å². The summed E-state index contributed by atoms with van der Waals surface area (Å²) in [5.41, 5.74) is 0.390. The molecule has 0 saturated carbocycles. The van der Waals surface area contributed by atoms with Crippen LogP contribution in [0.1, 0.15) is 60.8 Å². The Bertz CT molecular complexity index is 191. The van der Waals surface area contributed by atoms with Gasteiger partial charge in [-0.2, -0.15) is 0 Å². The molecule has 2 heteroatoms. The van der Waals surface area contributed by atoms with E-state index < -0.39 is 0 Å². The van der Waals surface area contributed by atoms with Gasteiger partial charge in [-0.05, 0) is 32.2 Å². The quantitative estimate of drug-likeness (QED) is 0.665. The number of hydrogen-bond acceptors (Lipinski definition) is 2. The molecule has 104 valence electrons. The van der Waals surface area contributed by atoms with Crippen LogP contribution in [-0.4, -0.2) is 37.1 Å². The number of nitrogens with one attached hydrogen (secondary N) is 1. The fourth-order valence-corrected chi connectivity index (χ4v) is 2.14. The van der Waals surface area contributed by atoms with Crippen LogP contribution in [0.15, 0.2) is 0 Å². The van der Waals surface area contributed by atoms with Crippen LogP contribution in [0.5, 0.6) is 0 Å². The summed E-state index contributed by atoms with van der Waals surface area (Å²) in [6.45, 7) is 16.1. The van der Waals surface area contributed by atoms with Gasteiger partial charge in [0.05, 0.1) is 0 Å². The van der Waals surface area contributed by atoms with Crippen molar-refractivity contribution < 1.29 is 0 Å². The molecule has 0 spiro atoms. The van der Waals surface area contributed by atoms with E-state index in [1.165, 1.54) is 25.8 Å². The predicted octanol–water partition coefficient (Wildman–Crippen LogP) is 3.52. The molecule has 0 aliphatic carbocycles. The molecule has 0 aromatic carbocycles. The molecule has 17 heavy (non-hydrogen) atoms. The van der Waals surface area contributed by atoms with Crippen molar-refractivity contribution in [3.05, 3.63) is 0 Å². The zero-order chi connectivity index (χ0) is 13.5. The lowest BCUT2D eigenvalue weighted by atomic mass is 9.86. The van der Waals surface area contributed by atoms with Gasteiger partial charge in [0, 0.05) is 25.2 Å². The Hall–Kier alpha value is -0.0800. The average molecular weight is 242 g/mol. The highest BCUT2D eigenvalue weighted by Crippen LogP contribution is 2.23. The topological polar surface area (TPSA) is 15.3 Å². The fourth-order valence-electron chi connectivity index (χ4n) is 2.14. The van der Waals surface area contributed by atoms with Crippen LogP contribution >= 0.6 is 0 Å². The Kier molecular flexibility index (Phi) is 8.06.